The van der Waals surface area contributed by atoms with Gasteiger partial charge < -0.3 is 10.1 Å². The fraction of sp³-hybridized carbons (Fsp3) is 0.714. The fourth-order valence-electron chi connectivity index (χ4n) is 2.56. The maximum Gasteiger partial charge on any atom is 0.298 e. The molecule has 1 rings (SSSR count). The predicted octanol–water partition coefficient (Wildman–Crippen LogP) is 2.47. The van der Waals surface area contributed by atoms with Gasteiger partial charge in [-0.25, -0.2) is 0 Å². The van der Waals surface area contributed by atoms with E-state index in [4.69, 9.17) is 4.74 Å². The van der Waals surface area contributed by atoms with Gasteiger partial charge in [-0.2, -0.15) is 0 Å². The number of nitro groups is 2. The molecule has 0 fully saturated rings. The van der Waals surface area contributed by atoms with E-state index in [1.54, 1.807) is 13.8 Å². The monoisotopic (exact) mass is 313 g/mol. The van der Waals surface area contributed by atoms with Gasteiger partial charge in [0.25, 0.3) is 11.4 Å². The van der Waals surface area contributed by atoms with E-state index in [9.17, 15) is 20.2 Å². The number of hydrogen-bond acceptors (Lipinski definition) is 6. The van der Waals surface area contributed by atoms with Gasteiger partial charge >= 0.3 is 0 Å². The van der Waals surface area contributed by atoms with Crippen LogP contribution in [0.3, 0.4) is 0 Å². The van der Waals surface area contributed by atoms with Crippen molar-refractivity contribution < 1.29 is 14.6 Å². The average Bonchev–Trinajstić information content (AvgIpc) is 2.47. The van der Waals surface area contributed by atoms with E-state index in [0.29, 0.717) is 12.8 Å². The topological polar surface area (TPSA) is 108 Å². The van der Waals surface area contributed by atoms with E-state index in [1.807, 2.05) is 13.8 Å². The summed E-state index contributed by atoms with van der Waals surface area (Å²) in [5.74, 6) is -0.618. The van der Waals surface area contributed by atoms with Crippen LogP contribution in [0.1, 0.15) is 40.5 Å². The first-order valence-electron chi connectivity index (χ1n) is 7.29. The van der Waals surface area contributed by atoms with E-state index < -0.39 is 21.4 Å². The molecule has 8 nitrogen and oxygen atoms in total. The van der Waals surface area contributed by atoms with Crippen molar-refractivity contribution in [1.29, 1.82) is 0 Å². The van der Waals surface area contributed by atoms with Crippen LogP contribution >= 0.6 is 0 Å². The molecule has 0 aromatic rings. The molecule has 0 bridgehead atoms. The van der Waals surface area contributed by atoms with Crippen LogP contribution in [0, 0.1) is 26.1 Å². The minimum atomic E-state index is -1.09. The van der Waals surface area contributed by atoms with Crippen molar-refractivity contribution in [2.45, 2.75) is 52.2 Å². The predicted molar refractivity (Wildman–Crippen MR) is 81.2 cm³/mol. The van der Waals surface area contributed by atoms with Gasteiger partial charge in [0.05, 0.1) is 15.8 Å². The summed E-state index contributed by atoms with van der Waals surface area (Å²) in [4.78, 5) is 21.7. The van der Waals surface area contributed by atoms with E-state index in [-0.39, 0.29) is 23.1 Å². The second-order valence-corrected chi connectivity index (χ2v) is 5.57. The quantitative estimate of drug-likeness (QED) is 0.571. The SMILES string of the molecule is CCC(CC)NC1=C([N+](=O)[O-])C(C)C(C)(OC)C=C1[N+](=O)[O-]. The molecule has 0 saturated carbocycles. The molecule has 0 aromatic carbocycles. The molecule has 2 atom stereocenters. The number of nitrogens with zero attached hydrogens (tertiary/aromatic N) is 2. The van der Waals surface area contributed by atoms with Crippen molar-refractivity contribution in [2.75, 3.05) is 7.11 Å². The van der Waals surface area contributed by atoms with E-state index in [0.717, 1.165) is 0 Å². The van der Waals surface area contributed by atoms with Gasteiger partial charge in [0.15, 0.2) is 5.70 Å². The molecule has 8 heteroatoms. The van der Waals surface area contributed by atoms with Crippen LogP contribution in [0.25, 0.3) is 0 Å². The van der Waals surface area contributed by atoms with Crippen molar-refractivity contribution >= 4 is 0 Å². The van der Waals surface area contributed by atoms with Crippen LogP contribution in [0.5, 0.6) is 0 Å². The van der Waals surface area contributed by atoms with Crippen molar-refractivity contribution in [3.8, 4) is 0 Å². The lowest BCUT2D eigenvalue weighted by atomic mass is 9.81. The first kappa shape index (κ1) is 18.1. The van der Waals surface area contributed by atoms with Gasteiger partial charge in [-0.3, -0.25) is 20.2 Å². The molecule has 0 saturated heterocycles. The summed E-state index contributed by atoms with van der Waals surface area (Å²) in [6.07, 6.45) is 2.78. The summed E-state index contributed by atoms with van der Waals surface area (Å²) < 4.78 is 5.31. The van der Waals surface area contributed by atoms with Crippen LogP contribution in [-0.4, -0.2) is 28.6 Å². The number of rotatable bonds is 7. The number of ether oxygens (including phenoxy) is 1. The molecule has 0 heterocycles. The lowest BCUT2D eigenvalue weighted by molar-refractivity contribution is -0.450. The van der Waals surface area contributed by atoms with E-state index in [1.165, 1.54) is 13.2 Å². The third-order valence-corrected chi connectivity index (χ3v) is 4.37. The molecule has 1 aliphatic carbocycles. The molecule has 0 aliphatic heterocycles. The zero-order chi connectivity index (χ0) is 17.1. The van der Waals surface area contributed by atoms with Gasteiger partial charge in [0.1, 0.15) is 5.60 Å². The van der Waals surface area contributed by atoms with Crippen LogP contribution in [0.15, 0.2) is 23.2 Å². The van der Waals surface area contributed by atoms with E-state index >= 15 is 0 Å². The Bertz CT molecular complexity index is 525. The summed E-state index contributed by atoms with van der Waals surface area (Å²) in [5, 5.41) is 25.9. The third-order valence-electron chi connectivity index (χ3n) is 4.37. The lowest BCUT2D eigenvalue weighted by Crippen LogP contribution is -2.44. The molecule has 1 aliphatic rings. The Labute approximate surface area is 129 Å². The normalized spacial score (nSPS) is 25.2. The average molecular weight is 313 g/mol. The minimum absolute atomic E-state index is 0.00859. The summed E-state index contributed by atoms with van der Waals surface area (Å²) in [6, 6.07) is -0.0626. The van der Waals surface area contributed by atoms with Crippen molar-refractivity contribution in [1.82, 2.24) is 5.32 Å². The second kappa shape index (κ2) is 6.87. The molecule has 0 amide bonds. The van der Waals surface area contributed by atoms with Gasteiger partial charge in [0.2, 0.25) is 0 Å². The molecule has 2 unspecified atom stereocenters. The van der Waals surface area contributed by atoms with Gasteiger partial charge in [0, 0.05) is 19.2 Å². The molecule has 22 heavy (non-hydrogen) atoms. The maximum atomic E-state index is 11.5. The maximum absolute atomic E-state index is 11.5. The summed E-state index contributed by atoms with van der Waals surface area (Å²) in [7, 11) is 1.39. The van der Waals surface area contributed by atoms with Crippen molar-refractivity contribution in [2.24, 2.45) is 5.92 Å². The van der Waals surface area contributed by atoms with Gasteiger partial charge in [-0.15, -0.1) is 0 Å². The van der Waals surface area contributed by atoms with E-state index in [2.05, 4.69) is 5.32 Å². The highest BCUT2D eigenvalue weighted by molar-refractivity contribution is 5.36. The Morgan fingerprint density at radius 3 is 2.23 bits per heavy atom. The standard InChI is InChI=1S/C14H23N3O5/c1-6-10(7-2)15-12-11(16(18)19)8-14(4,22-5)9(3)13(12)17(20)21/h8-10,15H,6-7H2,1-5H3. The number of hydrogen-bond donors (Lipinski definition) is 1. The van der Waals surface area contributed by atoms with Crippen molar-refractivity contribution in [3.63, 3.8) is 0 Å². The van der Waals surface area contributed by atoms with Gasteiger partial charge in [-0.1, -0.05) is 13.8 Å². The first-order valence-corrected chi connectivity index (χ1v) is 7.29. The zero-order valence-corrected chi connectivity index (χ0v) is 13.6. The molecule has 124 valence electrons. The van der Waals surface area contributed by atoms with Crippen LogP contribution in [-0.2, 0) is 4.74 Å². The molecule has 0 spiro atoms. The Morgan fingerprint density at radius 2 is 1.86 bits per heavy atom. The Morgan fingerprint density at radius 1 is 1.32 bits per heavy atom. The highest BCUT2D eigenvalue weighted by Crippen LogP contribution is 2.38. The Kier molecular flexibility index (Phi) is 5.65. The molecule has 0 radical (unpaired) electrons. The smallest absolute Gasteiger partial charge is 0.298 e. The zero-order valence-electron chi connectivity index (χ0n) is 13.6. The molecular formula is C14H23N3O5. The fourth-order valence-corrected chi connectivity index (χ4v) is 2.56. The largest absolute Gasteiger partial charge is 0.373 e. The molecular weight excluding hydrogens is 290 g/mol. The summed E-state index contributed by atoms with van der Waals surface area (Å²) >= 11 is 0. The van der Waals surface area contributed by atoms with Crippen molar-refractivity contribution in [3.05, 3.63) is 43.4 Å². The highest BCUT2D eigenvalue weighted by atomic mass is 16.6. The Balaban J connectivity index is 3.50. The van der Waals surface area contributed by atoms with Crippen LogP contribution < -0.4 is 5.32 Å². The molecule has 0 aromatic heterocycles. The number of nitrogens with one attached hydrogen (secondary N) is 1. The summed E-state index contributed by atoms with van der Waals surface area (Å²) in [5.41, 5.74) is -1.61. The Hall–Kier alpha value is -1.96. The molecule has 1 N–H and O–H groups in total. The van der Waals surface area contributed by atoms with Crippen LogP contribution in [0.4, 0.5) is 0 Å². The van der Waals surface area contributed by atoms with Crippen LogP contribution in [0.2, 0.25) is 0 Å². The summed E-state index contributed by atoms with van der Waals surface area (Å²) in [6.45, 7) is 7.10. The highest BCUT2D eigenvalue weighted by Gasteiger charge is 2.48. The lowest BCUT2D eigenvalue weighted by Gasteiger charge is -2.33. The third kappa shape index (κ3) is 3.27. The number of methoxy groups -OCH3 is 1. The van der Waals surface area contributed by atoms with Gasteiger partial charge in [-0.05, 0) is 26.7 Å². The minimum Gasteiger partial charge on any atom is -0.373 e. The first-order chi connectivity index (χ1) is 10.2. The second-order valence-electron chi connectivity index (χ2n) is 5.57.